The molecule has 0 saturated heterocycles. The van der Waals surface area contributed by atoms with Gasteiger partial charge in [0, 0.05) is 13.1 Å². The number of anilines is 1. The molecule has 0 aliphatic heterocycles. The zero-order valence-electron chi connectivity index (χ0n) is 12.3. The molecular formula is C16H25N3O. The fourth-order valence-electron chi connectivity index (χ4n) is 2.79. The molecule has 1 aliphatic carbocycles. The summed E-state index contributed by atoms with van der Waals surface area (Å²) < 4.78 is 0. The first-order valence-electron chi connectivity index (χ1n) is 7.77. The maximum absolute atomic E-state index is 12.0. The summed E-state index contributed by atoms with van der Waals surface area (Å²) in [4.78, 5) is 16.1. The average Bonchev–Trinajstić information content (AvgIpc) is 2.49. The van der Waals surface area contributed by atoms with Gasteiger partial charge >= 0.3 is 0 Å². The van der Waals surface area contributed by atoms with E-state index in [-0.39, 0.29) is 5.91 Å². The molecule has 0 unspecified atom stereocenters. The zero-order valence-corrected chi connectivity index (χ0v) is 12.3. The van der Waals surface area contributed by atoms with E-state index in [1.807, 2.05) is 13.0 Å². The Morgan fingerprint density at radius 3 is 2.75 bits per heavy atom. The van der Waals surface area contributed by atoms with Crippen molar-refractivity contribution in [2.24, 2.45) is 5.92 Å². The third-order valence-electron chi connectivity index (χ3n) is 3.94. The molecule has 4 nitrogen and oxygen atoms in total. The highest BCUT2D eigenvalue weighted by Crippen LogP contribution is 2.25. The van der Waals surface area contributed by atoms with Gasteiger partial charge in [-0.1, -0.05) is 32.1 Å². The fourth-order valence-corrected chi connectivity index (χ4v) is 2.79. The number of carbonyl (C=O) groups is 1. The number of hydrogen-bond donors (Lipinski definition) is 2. The van der Waals surface area contributed by atoms with E-state index in [1.165, 1.54) is 32.1 Å². The maximum Gasteiger partial charge on any atom is 0.269 e. The van der Waals surface area contributed by atoms with Gasteiger partial charge in [0.25, 0.3) is 5.91 Å². The Kier molecular flexibility index (Phi) is 5.84. The number of rotatable bonds is 6. The van der Waals surface area contributed by atoms with Crippen LogP contribution >= 0.6 is 0 Å². The predicted molar refractivity (Wildman–Crippen MR) is 81.9 cm³/mol. The quantitative estimate of drug-likeness (QED) is 0.838. The Bertz CT molecular complexity index is 410. The Morgan fingerprint density at radius 2 is 2.10 bits per heavy atom. The van der Waals surface area contributed by atoms with Crippen LogP contribution in [0.25, 0.3) is 0 Å². The van der Waals surface area contributed by atoms with Crippen molar-refractivity contribution < 1.29 is 4.79 Å². The summed E-state index contributed by atoms with van der Waals surface area (Å²) in [7, 11) is 0. The van der Waals surface area contributed by atoms with Crippen LogP contribution in [0.3, 0.4) is 0 Å². The van der Waals surface area contributed by atoms with Gasteiger partial charge in [0.05, 0.1) is 11.9 Å². The van der Waals surface area contributed by atoms with E-state index in [1.54, 1.807) is 12.3 Å². The monoisotopic (exact) mass is 275 g/mol. The third kappa shape index (κ3) is 4.51. The summed E-state index contributed by atoms with van der Waals surface area (Å²) >= 11 is 0. The number of amides is 1. The molecule has 0 spiro atoms. The second-order valence-electron chi connectivity index (χ2n) is 5.51. The third-order valence-corrected chi connectivity index (χ3v) is 3.94. The van der Waals surface area contributed by atoms with Gasteiger partial charge in [0.15, 0.2) is 0 Å². The van der Waals surface area contributed by atoms with Gasteiger partial charge in [-0.15, -0.1) is 0 Å². The highest BCUT2D eigenvalue weighted by atomic mass is 16.1. The molecule has 1 aromatic rings. The molecule has 110 valence electrons. The molecule has 1 heterocycles. The van der Waals surface area contributed by atoms with Gasteiger partial charge in [-0.25, -0.2) is 4.98 Å². The Labute approximate surface area is 121 Å². The van der Waals surface area contributed by atoms with Gasteiger partial charge in [0.1, 0.15) is 5.69 Å². The lowest BCUT2D eigenvalue weighted by atomic mass is 9.87. The van der Waals surface area contributed by atoms with Gasteiger partial charge < -0.3 is 10.6 Å². The van der Waals surface area contributed by atoms with Crippen molar-refractivity contribution in [1.29, 1.82) is 0 Å². The summed E-state index contributed by atoms with van der Waals surface area (Å²) in [5, 5.41) is 6.14. The number of pyridine rings is 1. The van der Waals surface area contributed by atoms with E-state index in [0.717, 1.165) is 31.1 Å². The molecule has 0 atom stereocenters. The Balaban J connectivity index is 1.73. The van der Waals surface area contributed by atoms with Crippen LogP contribution in [0, 0.1) is 5.92 Å². The molecule has 2 rings (SSSR count). The van der Waals surface area contributed by atoms with Crippen molar-refractivity contribution in [2.75, 3.05) is 18.4 Å². The van der Waals surface area contributed by atoms with Gasteiger partial charge in [0.2, 0.25) is 0 Å². The smallest absolute Gasteiger partial charge is 0.269 e. The van der Waals surface area contributed by atoms with E-state index < -0.39 is 0 Å². The summed E-state index contributed by atoms with van der Waals surface area (Å²) in [5.74, 6) is 0.733. The first-order chi connectivity index (χ1) is 9.79. The molecule has 4 heteroatoms. The zero-order chi connectivity index (χ0) is 14.2. The van der Waals surface area contributed by atoms with E-state index in [4.69, 9.17) is 0 Å². The average molecular weight is 275 g/mol. The minimum absolute atomic E-state index is 0.0659. The normalized spacial score (nSPS) is 15.8. The second kappa shape index (κ2) is 7.88. The number of hydrogen-bond acceptors (Lipinski definition) is 3. The Morgan fingerprint density at radius 1 is 1.30 bits per heavy atom. The molecule has 1 aromatic heterocycles. The lowest BCUT2D eigenvalue weighted by Gasteiger charge is -2.21. The summed E-state index contributed by atoms with van der Waals surface area (Å²) in [6.07, 6.45) is 9.54. The van der Waals surface area contributed by atoms with Crippen LogP contribution in [0.1, 0.15) is 55.9 Å². The first kappa shape index (κ1) is 14.8. The first-order valence-corrected chi connectivity index (χ1v) is 7.77. The minimum atomic E-state index is -0.0659. The van der Waals surface area contributed by atoms with Gasteiger partial charge in [-0.3, -0.25) is 4.79 Å². The van der Waals surface area contributed by atoms with Crippen molar-refractivity contribution >= 4 is 11.6 Å². The molecule has 2 N–H and O–H groups in total. The highest BCUT2D eigenvalue weighted by Gasteiger charge is 2.13. The molecule has 20 heavy (non-hydrogen) atoms. The van der Waals surface area contributed by atoms with E-state index in [0.29, 0.717) is 5.69 Å². The minimum Gasteiger partial charge on any atom is -0.384 e. The van der Waals surface area contributed by atoms with Crippen molar-refractivity contribution in [3.8, 4) is 0 Å². The van der Waals surface area contributed by atoms with Crippen LogP contribution in [-0.4, -0.2) is 24.0 Å². The molecule has 1 aliphatic rings. The molecule has 1 fully saturated rings. The molecule has 1 saturated carbocycles. The number of nitrogens with one attached hydrogen (secondary N) is 2. The standard InChI is InChI=1S/C16H25N3O/c1-2-17-14-8-9-15(19-12-14)16(20)18-11-10-13-6-4-3-5-7-13/h8-9,12-13,17H,2-7,10-11H2,1H3,(H,18,20). The summed E-state index contributed by atoms with van der Waals surface area (Å²) in [6, 6.07) is 3.67. The molecule has 0 bridgehead atoms. The molecule has 0 aromatic carbocycles. The number of carbonyl (C=O) groups excluding carboxylic acids is 1. The largest absolute Gasteiger partial charge is 0.384 e. The number of nitrogens with zero attached hydrogens (tertiary/aromatic N) is 1. The van der Waals surface area contributed by atoms with Gasteiger partial charge in [-0.2, -0.15) is 0 Å². The van der Waals surface area contributed by atoms with Crippen LogP contribution in [-0.2, 0) is 0 Å². The van der Waals surface area contributed by atoms with Crippen LogP contribution in [0.5, 0.6) is 0 Å². The second-order valence-corrected chi connectivity index (χ2v) is 5.51. The van der Waals surface area contributed by atoms with Crippen LogP contribution < -0.4 is 10.6 Å². The van der Waals surface area contributed by atoms with Crippen molar-refractivity contribution in [2.45, 2.75) is 45.4 Å². The fraction of sp³-hybridized carbons (Fsp3) is 0.625. The highest BCUT2D eigenvalue weighted by molar-refractivity contribution is 5.92. The van der Waals surface area contributed by atoms with Crippen LogP contribution in [0.2, 0.25) is 0 Å². The van der Waals surface area contributed by atoms with Crippen molar-refractivity contribution in [3.05, 3.63) is 24.0 Å². The van der Waals surface area contributed by atoms with Crippen molar-refractivity contribution in [3.63, 3.8) is 0 Å². The predicted octanol–water partition coefficient (Wildman–Crippen LogP) is 3.21. The topological polar surface area (TPSA) is 54.0 Å². The van der Waals surface area contributed by atoms with Crippen molar-refractivity contribution in [1.82, 2.24) is 10.3 Å². The molecular weight excluding hydrogens is 250 g/mol. The van der Waals surface area contributed by atoms with Crippen LogP contribution in [0.4, 0.5) is 5.69 Å². The van der Waals surface area contributed by atoms with E-state index in [9.17, 15) is 4.79 Å². The van der Waals surface area contributed by atoms with E-state index >= 15 is 0 Å². The van der Waals surface area contributed by atoms with Crippen LogP contribution in [0.15, 0.2) is 18.3 Å². The lowest BCUT2D eigenvalue weighted by Crippen LogP contribution is -2.27. The summed E-state index contributed by atoms with van der Waals surface area (Å²) in [5.41, 5.74) is 1.45. The SMILES string of the molecule is CCNc1ccc(C(=O)NCCC2CCCCC2)nc1. The molecule has 0 radical (unpaired) electrons. The van der Waals surface area contributed by atoms with E-state index in [2.05, 4.69) is 15.6 Å². The Hall–Kier alpha value is -1.58. The maximum atomic E-state index is 12.0. The number of aromatic nitrogens is 1. The lowest BCUT2D eigenvalue weighted by molar-refractivity contribution is 0.0945. The molecule has 1 amide bonds. The van der Waals surface area contributed by atoms with Gasteiger partial charge in [-0.05, 0) is 31.4 Å². The summed E-state index contributed by atoms with van der Waals surface area (Å²) in [6.45, 7) is 3.65.